The summed E-state index contributed by atoms with van der Waals surface area (Å²) in [6.45, 7) is 0. The first kappa shape index (κ1) is 7.36. The van der Waals surface area contributed by atoms with Crippen LogP contribution in [0.15, 0.2) is 24.5 Å². The lowest BCUT2D eigenvalue weighted by Gasteiger charge is -1.93. The molecule has 0 bridgehead atoms. The second kappa shape index (κ2) is 2.64. The topological polar surface area (TPSA) is 17.8 Å². The minimum Gasteiger partial charge on any atom is -0.289 e. The molecule has 0 spiro atoms. The van der Waals surface area contributed by atoms with Crippen LogP contribution in [0.25, 0.3) is 10.9 Å². The van der Waals surface area contributed by atoms with Crippen molar-refractivity contribution in [1.82, 2.24) is 7.76 Å². The van der Waals surface area contributed by atoms with Crippen molar-refractivity contribution in [3.05, 3.63) is 29.7 Å². The molecule has 0 amide bonds. The summed E-state index contributed by atoms with van der Waals surface area (Å²) in [7, 11) is 0. The molecule has 0 aliphatic rings. The van der Waals surface area contributed by atoms with Crippen LogP contribution < -0.4 is 0 Å². The van der Waals surface area contributed by atoms with Crippen molar-refractivity contribution in [3.8, 4) is 0 Å². The number of nitrogens with zero attached hydrogens (tertiary/aromatic N) is 2. The first-order valence-corrected chi connectivity index (χ1v) is 4.41. The van der Waals surface area contributed by atoms with Crippen LogP contribution in [0.4, 0.5) is 0 Å². The largest absolute Gasteiger partial charge is 0.289 e. The quantitative estimate of drug-likeness (QED) is 0.535. The summed E-state index contributed by atoms with van der Waals surface area (Å²) < 4.78 is 1.99. The number of halogens is 2. The summed E-state index contributed by atoms with van der Waals surface area (Å²) in [5.74, 6) is 0. The monoisotopic (exact) mass is 278 g/mol. The molecular weight excluding hydrogens is 274 g/mol. The van der Waals surface area contributed by atoms with Crippen molar-refractivity contribution in [1.29, 1.82) is 0 Å². The zero-order chi connectivity index (χ0) is 7.84. The Morgan fingerprint density at radius 1 is 1.45 bits per heavy atom. The van der Waals surface area contributed by atoms with Gasteiger partial charge in [-0.1, -0.05) is 11.6 Å². The summed E-state index contributed by atoms with van der Waals surface area (Å²) in [5, 5.41) is 1.57. The van der Waals surface area contributed by atoms with E-state index in [9.17, 15) is 0 Å². The third-order valence-electron chi connectivity index (χ3n) is 1.52. The van der Waals surface area contributed by atoms with E-state index in [0.29, 0.717) is 5.15 Å². The standard InChI is InChI=1S/C7H4ClIN2/c8-7-5-2-4-11(9)6(5)1-3-10-7/h1-4H. The second-order valence-corrected chi connectivity index (χ2v) is 3.56. The predicted molar refractivity (Wildman–Crippen MR) is 54.2 cm³/mol. The van der Waals surface area contributed by atoms with E-state index in [-0.39, 0.29) is 0 Å². The fourth-order valence-electron chi connectivity index (χ4n) is 0.999. The van der Waals surface area contributed by atoms with E-state index in [2.05, 4.69) is 27.8 Å². The van der Waals surface area contributed by atoms with Gasteiger partial charge >= 0.3 is 0 Å². The molecule has 2 nitrogen and oxygen atoms in total. The van der Waals surface area contributed by atoms with Crippen molar-refractivity contribution in [3.63, 3.8) is 0 Å². The van der Waals surface area contributed by atoms with Gasteiger partial charge in [0, 0.05) is 17.8 Å². The van der Waals surface area contributed by atoms with Crippen molar-refractivity contribution < 1.29 is 0 Å². The number of aromatic nitrogens is 2. The summed E-state index contributed by atoms with van der Waals surface area (Å²) in [5.41, 5.74) is 1.10. The Kier molecular flexibility index (Phi) is 1.77. The van der Waals surface area contributed by atoms with Gasteiger partial charge in [-0.25, -0.2) is 4.98 Å². The van der Waals surface area contributed by atoms with Crippen molar-refractivity contribution >= 4 is 45.4 Å². The summed E-state index contributed by atoms with van der Waals surface area (Å²) >= 11 is 8.04. The van der Waals surface area contributed by atoms with Crippen LogP contribution in [0.1, 0.15) is 0 Å². The fourth-order valence-corrected chi connectivity index (χ4v) is 1.80. The van der Waals surface area contributed by atoms with Gasteiger partial charge < -0.3 is 0 Å². The Balaban J connectivity index is 2.94. The molecule has 2 rings (SSSR count). The summed E-state index contributed by atoms with van der Waals surface area (Å²) in [6, 6.07) is 3.89. The van der Waals surface area contributed by atoms with Gasteiger partial charge in [0.1, 0.15) is 5.15 Å². The Labute approximate surface area is 82.7 Å². The predicted octanol–water partition coefficient (Wildman–Crippen LogP) is 2.89. The molecule has 0 fully saturated rings. The lowest BCUT2D eigenvalue weighted by molar-refractivity contribution is 1.35. The Bertz CT molecular complexity index is 396. The first-order chi connectivity index (χ1) is 5.29. The van der Waals surface area contributed by atoms with Crippen molar-refractivity contribution in [2.75, 3.05) is 0 Å². The molecule has 0 unspecified atom stereocenters. The van der Waals surface area contributed by atoms with Crippen LogP contribution in [0.5, 0.6) is 0 Å². The SMILES string of the molecule is Clc1nccc2c1ccn2I. The van der Waals surface area contributed by atoms with Crippen LogP contribution in [0, 0.1) is 0 Å². The van der Waals surface area contributed by atoms with Crippen LogP contribution in [0.2, 0.25) is 5.15 Å². The van der Waals surface area contributed by atoms with E-state index in [4.69, 9.17) is 11.6 Å². The van der Waals surface area contributed by atoms with Crippen LogP contribution >= 0.6 is 34.5 Å². The van der Waals surface area contributed by atoms with Crippen molar-refractivity contribution in [2.45, 2.75) is 0 Å². The summed E-state index contributed by atoms with van der Waals surface area (Å²) in [4.78, 5) is 3.97. The second-order valence-electron chi connectivity index (χ2n) is 2.16. The maximum Gasteiger partial charge on any atom is 0.138 e. The molecular formula is C7H4ClIN2. The molecule has 2 aromatic heterocycles. The van der Waals surface area contributed by atoms with Gasteiger partial charge in [0.25, 0.3) is 0 Å². The first-order valence-electron chi connectivity index (χ1n) is 3.07. The lowest BCUT2D eigenvalue weighted by atomic mass is 10.3. The number of pyridine rings is 1. The Morgan fingerprint density at radius 2 is 2.27 bits per heavy atom. The highest BCUT2D eigenvalue weighted by Gasteiger charge is 2.01. The molecule has 0 saturated carbocycles. The number of hydrogen-bond acceptors (Lipinski definition) is 1. The van der Waals surface area contributed by atoms with E-state index in [1.165, 1.54) is 0 Å². The van der Waals surface area contributed by atoms with E-state index in [1.54, 1.807) is 6.20 Å². The zero-order valence-electron chi connectivity index (χ0n) is 5.46. The van der Waals surface area contributed by atoms with E-state index < -0.39 is 0 Å². The third kappa shape index (κ3) is 1.12. The molecule has 0 radical (unpaired) electrons. The molecule has 0 aliphatic carbocycles. The average Bonchev–Trinajstić information content (AvgIpc) is 2.35. The number of rotatable bonds is 0. The molecule has 0 aliphatic heterocycles. The Morgan fingerprint density at radius 3 is 3.00 bits per heavy atom. The highest BCUT2D eigenvalue weighted by molar-refractivity contribution is 14.1. The number of hydrogen-bond donors (Lipinski definition) is 0. The van der Waals surface area contributed by atoms with Crippen molar-refractivity contribution in [2.24, 2.45) is 0 Å². The van der Waals surface area contributed by atoms with Gasteiger partial charge in [0.15, 0.2) is 0 Å². The lowest BCUT2D eigenvalue weighted by Crippen LogP contribution is -1.77. The molecule has 2 heterocycles. The number of fused-ring (bicyclic) bond motifs is 1. The van der Waals surface area contributed by atoms with Crippen LogP contribution in [-0.4, -0.2) is 7.76 Å². The van der Waals surface area contributed by atoms with Crippen LogP contribution in [-0.2, 0) is 0 Å². The zero-order valence-corrected chi connectivity index (χ0v) is 8.37. The molecule has 0 aromatic carbocycles. The van der Waals surface area contributed by atoms with E-state index in [0.717, 1.165) is 10.9 Å². The van der Waals surface area contributed by atoms with Gasteiger partial charge in [0.05, 0.1) is 28.4 Å². The van der Waals surface area contributed by atoms with Crippen LogP contribution in [0.3, 0.4) is 0 Å². The summed E-state index contributed by atoms with van der Waals surface area (Å²) in [6.07, 6.45) is 3.67. The van der Waals surface area contributed by atoms with Gasteiger partial charge in [-0.15, -0.1) is 0 Å². The van der Waals surface area contributed by atoms with E-state index >= 15 is 0 Å². The molecule has 0 saturated heterocycles. The van der Waals surface area contributed by atoms with Gasteiger partial charge in [0.2, 0.25) is 0 Å². The van der Waals surface area contributed by atoms with Gasteiger partial charge in [-0.2, -0.15) is 0 Å². The maximum atomic E-state index is 5.84. The molecule has 0 N–H and O–H groups in total. The minimum absolute atomic E-state index is 0.568. The highest BCUT2D eigenvalue weighted by Crippen LogP contribution is 2.22. The molecule has 0 atom stereocenters. The molecule has 4 heteroatoms. The molecule has 2 aromatic rings. The normalized spacial score (nSPS) is 10.7. The molecule has 11 heavy (non-hydrogen) atoms. The average molecular weight is 278 g/mol. The maximum absolute atomic E-state index is 5.84. The highest BCUT2D eigenvalue weighted by atomic mass is 127. The minimum atomic E-state index is 0.568. The third-order valence-corrected chi connectivity index (χ3v) is 2.66. The van der Waals surface area contributed by atoms with Gasteiger partial charge in [-0.05, 0) is 12.1 Å². The smallest absolute Gasteiger partial charge is 0.138 e. The van der Waals surface area contributed by atoms with E-state index in [1.807, 2.05) is 21.1 Å². The Hall–Kier alpha value is -0.290. The fraction of sp³-hybridized carbons (Fsp3) is 0. The van der Waals surface area contributed by atoms with Gasteiger partial charge in [-0.3, -0.25) is 2.78 Å². The molecule has 56 valence electrons.